The lowest BCUT2D eigenvalue weighted by Crippen LogP contribution is -1.86. The van der Waals surface area contributed by atoms with Crippen LogP contribution in [0.2, 0.25) is 0 Å². The summed E-state index contributed by atoms with van der Waals surface area (Å²) < 4.78 is 8.39. The van der Waals surface area contributed by atoms with Crippen molar-refractivity contribution in [2.45, 2.75) is 13.3 Å². The van der Waals surface area contributed by atoms with Gasteiger partial charge in [-0.3, -0.25) is 9.20 Å². The Kier molecular flexibility index (Phi) is 3.28. The maximum Gasteiger partial charge on any atom is 0.195 e. The maximum absolute atomic E-state index is 11.3. The highest BCUT2D eigenvalue weighted by molar-refractivity contribution is 7.23. The van der Waals surface area contributed by atoms with Crippen LogP contribution in [0.3, 0.4) is 0 Å². The fourth-order valence-corrected chi connectivity index (χ4v) is 3.05. The van der Waals surface area contributed by atoms with Crippen LogP contribution in [0.15, 0.2) is 30.5 Å². The third-order valence-electron chi connectivity index (χ3n) is 3.11. The molecule has 5 heteroatoms. The standard InChI is InChI=1S/C15H14N2O2S/c1-3-11(18)5-4-10-9-17-13-7-6-12(19-2)8-14(13)20-15(17)16-10/h4-9H,3H2,1-2H3/b5-4+. The van der Waals surface area contributed by atoms with Gasteiger partial charge in [0, 0.05) is 12.6 Å². The number of thiazole rings is 1. The molecule has 0 N–H and O–H groups in total. The summed E-state index contributed by atoms with van der Waals surface area (Å²) in [6.07, 6.45) is 5.81. The molecule has 3 rings (SSSR count). The predicted molar refractivity (Wildman–Crippen MR) is 81.5 cm³/mol. The quantitative estimate of drug-likeness (QED) is 0.689. The van der Waals surface area contributed by atoms with Gasteiger partial charge < -0.3 is 4.74 Å². The number of hydrogen-bond donors (Lipinski definition) is 0. The van der Waals surface area contributed by atoms with Crippen LogP contribution >= 0.6 is 11.3 Å². The number of methoxy groups -OCH3 is 1. The molecule has 0 aliphatic carbocycles. The molecule has 0 radical (unpaired) electrons. The first-order valence-corrected chi connectivity index (χ1v) is 7.19. The van der Waals surface area contributed by atoms with E-state index in [0.717, 1.165) is 26.6 Å². The molecule has 2 heterocycles. The van der Waals surface area contributed by atoms with E-state index >= 15 is 0 Å². The highest BCUT2D eigenvalue weighted by Gasteiger charge is 2.08. The van der Waals surface area contributed by atoms with Crippen LogP contribution in [0.25, 0.3) is 21.3 Å². The summed E-state index contributed by atoms with van der Waals surface area (Å²) in [6.45, 7) is 1.85. The lowest BCUT2D eigenvalue weighted by molar-refractivity contribution is -0.114. The molecule has 0 aliphatic rings. The number of aromatic nitrogens is 2. The Balaban J connectivity index is 2.04. The molecule has 0 unspecified atom stereocenters. The molecule has 3 aromatic rings. The van der Waals surface area contributed by atoms with Gasteiger partial charge in [0.25, 0.3) is 0 Å². The van der Waals surface area contributed by atoms with Crippen molar-refractivity contribution in [3.8, 4) is 5.75 Å². The van der Waals surface area contributed by atoms with Gasteiger partial charge in [-0.15, -0.1) is 0 Å². The predicted octanol–water partition coefficient (Wildman–Crippen LogP) is 3.55. The second-order valence-corrected chi connectivity index (χ2v) is 5.42. The molecule has 1 aromatic carbocycles. The van der Waals surface area contributed by atoms with Gasteiger partial charge in [0.15, 0.2) is 10.7 Å². The van der Waals surface area contributed by atoms with Crippen molar-refractivity contribution < 1.29 is 9.53 Å². The van der Waals surface area contributed by atoms with Crippen molar-refractivity contribution in [3.05, 3.63) is 36.2 Å². The van der Waals surface area contributed by atoms with E-state index in [0.29, 0.717) is 6.42 Å². The van der Waals surface area contributed by atoms with Gasteiger partial charge in [-0.2, -0.15) is 0 Å². The third-order valence-corrected chi connectivity index (χ3v) is 4.13. The zero-order chi connectivity index (χ0) is 14.1. The third kappa shape index (κ3) is 2.20. The second kappa shape index (κ2) is 5.09. The van der Waals surface area contributed by atoms with E-state index in [2.05, 4.69) is 4.98 Å². The molecular formula is C15H14N2O2S. The molecule has 0 saturated carbocycles. The Morgan fingerprint density at radius 3 is 3.10 bits per heavy atom. The van der Waals surface area contributed by atoms with Crippen LogP contribution in [0, 0.1) is 0 Å². The number of nitrogens with zero attached hydrogens (tertiary/aromatic N) is 2. The molecular weight excluding hydrogens is 272 g/mol. The minimum absolute atomic E-state index is 0.107. The zero-order valence-electron chi connectivity index (χ0n) is 11.3. The van der Waals surface area contributed by atoms with E-state index in [-0.39, 0.29) is 5.78 Å². The van der Waals surface area contributed by atoms with Gasteiger partial charge in [0.2, 0.25) is 0 Å². The molecule has 0 amide bonds. The minimum atomic E-state index is 0.107. The number of allylic oxidation sites excluding steroid dienone is 1. The van der Waals surface area contributed by atoms with Crippen molar-refractivity contribution in [3.63, 3.8) is 0 Å². The lowest BCUT2D eigenvalue weighted by Gasteiger charge is -1.98. The van der Waals surface area contributed by atoms with E-state index < -0.39 is 0 Å². The fraction of sp³-hybridized carbons (Fsp3) is 0.200. The summed E-state index contributed by atoms with van der Waals surface area (Å²) in [6, 6.07) is 5.96. The Morgan fingerprint density at radius 2 is 2.35 bits per heavy atom. The lowest BCUT2D eigenvalue weighted by atomic mass is 10.2. The largest absolute Gasteiger partial charge is 0.497 e. The maximum atomic E-state index is 11.3. The number of carbonyl (C=O) groups is 1. The van der Waals surface area contributed by atoms with Gasteiger partial charge in [-0.05, 0) is 30.4 Å². The van der Waals surface area contributed by atoms with Crippen LogP contribution < -0.4 is 4.74 Å². The summed E-state index contributed by atoms with van der Waals surface area (Å²) in [4.78, 5) is 16.7. The van der Waals surface area contributed by atoms with Crippen LogP contribution in [0.1, 0.15) is 19.0 Å². The Labute approximate surface area is 120 Å². The molecule has 0 aliphatic heterocycles. The van der Waals surface area contributed by atoms with Gasteiger partial charge in [0.05, 0.1) is 23.0 Å². The highest BCUT2D eigenvalue weighted by Crippen LogP contribution is 2.29. The summed E-state index contributed by atoms with van der Waals surface area (Å²) in [5.41, 5.74) is 1.90. The van der Waals surface area contributed by atoms with Crippen molar-refractivity contribution in [2.24, 2.45) is 0 Å². The average Bonchev–Trinajstić information content (AvgIpc) is 3.00. The summed E-state index contributed by atoms with van der Waals surface area (Å²) in [5.74, 6) is 0.951. The van der Waals surface area contributed by atoms with Gasteiger partial charge in [-0.25, -0.2) is 4.98 Å². The summed E-state index contributed by atoms with van der Waals surface area (Å²) >= 11 is 1.61. The summed E-state index contributed by atoms with van der Waals surface area (Å²) in [5, 5.41) is 0. The fourth-order valence-electron chi connectivity index (χ4n) is 2.00. The number of ether oxygens (including phenoxy) is 1. The normalized spacial score (nSPS) is 11.7. The number of hydrogen-bond acceptors (Lipinski definition) is 4. The first kappa shape index (κ1) is 12.9. The van der Waals surface area contributed by atoms with Crippen molar-refractivity contribution in [2.75, 3.05) is 7.11 Å². The number of rotatable bonds is 4. The number of benzene rings is 1. The highest BCUT2D eigenvalue weighted by atomic mass is 32.1. The second-order valence-electron chi connectivity index (χ2n) is 4.41. The van der Waals surface area contributed by atoms with E-state index in [1.165, 1.54) is 0 Å². The smallest absolute Gasteiger partial charge is 0.195 e. The van der Waals surface area contributed by atoms with Crippen molar-refractivity contribution in [1.82, 2.24) is 9.38 Å². The molecule has 4 nitrogen and oxygen atoms in total. The Hall–Kier alpha value is -2.14. The molecule has 0 saturated heterocycles. The molecule has 20 heavy (non-hydrogen) atoms. The zero-order valence-corrected chi connectivity index (χ0v) is 12.1. The van der Waals surface area contributed by atoms with Crippen LogP contribution in [-0.2, 0) is 4.79 Å². The molecule has 0 spiro atoms. The topological polar surface area (TPSA) is 43.6 Å². The van der Waals surface area contributed by atoms with Crippen molar-refractivity contribution in [1.29, 1.82) is 0 Å². The molecule has 0 fully saturated rings. The molecule has 0 atom stereocenters. The van der Waals surface area contributed by atoms with Crippen LogP contribution in [0.5, 0.6) is 5.75 Å². The van der Waals surface area contributed by atoms with Crippen LogP contribution in [-0.4, -0.2) is 22.3 Å². The minimum Gasteiger partial charge on any atom is -0.497 e. The van der Waals surface area contributed by atoms with Crippen LogP contribution in [0.4, 0.5) is 0 Å². The van der Waals surface area contributed by atoms with Crippen molar-refractivity contribution >= 4 is 38.4 Å². The molecule has 102 valence electrons. The number of carbonyl (C=O) groups excluding carboxylic acids is 1. The molecule has 0 bridgehead atoms. The Bertz CT molecular complexity index is 814. The first-order chi connectivity index (χ1) is 9.71. The molecule has 2 aromatic heterocycles. The average molecular weight is 286 g/mol. The Morgan fingerprint density at radius 1 is 1.50 bits per heavy atom. The van der Waals surface area contributed by atoms with Gasteiger partial charge >= 0.3 is 0 Å². The van der Waals surface area contributed by atoms with E-state index in [1.807, 2.05) is 35.7 Å². The SMILES string of the molecule is CCC(=O)/C=C/c1cn2c(n1)sc1cc(OC)ccc12. The van der Waals surface area contributed by atoms with Gasteiger partial charge in [-0.1, -0.05) is 18.3 Å². The number of imidazole rings is 1. The number of ketones is 1. The van der Waals surface area contributed by atoms with Gasteiger partial charge in [0.1, 0.15) is 5.75 Å². The first-order valence-electron chi connectivity index (χ1n) is 6.38. The van der Waals surface area contributed by atoms with E-state index in [9.17, 15) is 4.79 Å². The monoisotopic (exact) mass is 286 g/mol. The van der Waals surface area contributed by atoms with E-state index in [4.69, 9.17) is 4.74 Å². The van der Waals surface area contributed by atoms with E-state index in [1.54, 1.807) is 30.6 Å². The number of fused-ring (bicyclic) bond motifs is 3. The summed E-state index contributed by atoms with van der Waals surface area (Å²) in [7, 11) is 1.66.